The Kier molecular flexibility index (Phi) is 3.52. The largest absolute Gasteiger partial charge is 0.378 e. The van der Waals surface area contributed by atoms with Crippen molar-refractivity contribution in [3.8, 4) is 0 Å². The predicted molar refractivity (Wildman–Crippen MR) is 66.3 cm³/mol. The molecule has 0 aliphatic rings. The van der Waals surface area contributed by atoms with E-state index >= 15 is 0 Å². The molecule has 0 saturated carbocycles. The van der Waals surface area contributed by atoms with Crippen molar-refractivity contribution in [2.45, 2.75) is 13.5 Å². The van der Waals surface area contributed by atoms with Gasteiger partial charge in [0.1, 0.15) is 5.69 Å². The van der Waals surface area contributed by atoms with Gasteiger partial charge in [-0.05, 0) is 18.6 Å². The van der Waals surface area contributed by atoms with E-state index in [-0.39, 0.29) is 5.69 Å². The first kappa shape index (κ1) is 12.0. The van der Waals surface area contributed by atoms with Crippen LogP contribution in [0.3, 0.4) is 0 Å². The lowest BCUT2D eigenvalue weighted by Gasteiger charge is -2.07. The van der Waals surface area contributed by atoms with Crippen LogP contribution in [0.4, 0.5) is 11.4 Å². The zero-order valence-corrected chi connectivity index (χ0v) is 9.91. The molecule has 0 bridgehead atoms. The van der Waals surface area contributed by atoms with Crippen LogP contribution in [0, 0.1) is 17.0 Å². The Labute approximate surface area is 104 Å². The lowest BCUT2D eigenvalue weighted by Crippen LogP contribution is -2.12. The molecule has 7 nitrogen and oxygen atoms in total. The maximum atomic E-state index is 10.9. The maximum Gasteiger partial charge on any atom is 0.292 e. The fourth-order valence-electron chi connectivity index (χ4n) is 1.61. The zero-order chi connectivity index (χ0) is 13.0. The molecule has 0 atom stereocenters. The first-order valence-corrected chi connectivity index (χ1v) is 5.50. The third kappa shape index (κ3) is 2.82. The monoisotopic (exact) mass is 247 g/mol. The van der Waals surface area contributed by atoms with Crippen LogP contribution >= 0.6 is 0 Å². The number of nitro benzene ring substituents is 1. The summed E-state index contributed by atoms with van der Waals surface area (Å²) in [5.41, 5.74) is 1.59. The van der Waals surface area contributed by atoms with Crippen LogP contribution in [-0.2, 0) is 6.54 Å². The van der Waals surface area contributed by atoms with Crippen LogP contribution in [-0.4, -0.2) is 26.5 Å². The van der Waals surface area contributed by atoms with Crippen LogP contribution in [0.25, 0.3) is 0 Å². The maximum absolute atomic E-state index is 10.9. The smallest absolute Gasteiger partial charge is 0.292 e. The number of rotatable bonds is 5. The minimum atomic E-state index is -0.392. The molecule has 1 aromatic carbocycles. The summed E-state index contributed by atoms with van der Waals surface area (Å²) in [6, 6.07) is 4.99. The number of anilines is 1. The molecular formula is C11H13N5O2. The summed E-state index contributed by atoms with van der Waals surface area (Å²) in [7, 11) is 0. The Hall–Kier alpha value is -2.44. The van der Waals surface area contributed by atoms with Crippen molar-refractivity contribution in [2.24, 2.45) is 0 Å². The molecule has 0 spiro atoms. The van der Waals surface area contributed by atoms with E-state index in [0.29, 0.717) is 18.8 Å². The average molecular weight is 247 g/mol. The fourth-order valence-corrected chi connectivity index (χ4v) is 1.61. The van der Waals surface area contributed by atoms with E-state index < -0.39 is 4.92 Å². The van der Waals surface area contributed by atoms with Crippen molar-refractivity contribution in [3.05, 3.63) is 46.3 Å². The van der Waals surface area contributed by atoms with Gasteiger partial charge in [0.05, 0.1) is 17.7 Å². The Balaban J connectivity index is 2.03. The van der Waals surface area contributed by atoms with Crippen molar-refractivity contribution < 1.29 is 4.92 Å². The van der Waals surface area contributed by atoms with Crippen molar-refractivity contribution in [3.63, 3.8) is 0 Å². The number of aryl methyl sites for hydroxylation is 1. The minimum absolute atomic E-state index is 0.0826. The van der Waals surface area contributed by atoms with Gasteiger partial charge in [0.25, 0.3) is 5.69 Å². The first-order chi connectivity index (χ1) is 8.66. The molecule has 1 heterocycles. The van der Waals surface area contributed by atoms with E-state index in [4.69, 9.17) is 0 Å². The van der Waals surface area contributed by atoms with Crippen LogP contribution in [0.2, 0.25) is 0 Å². The van der Waals surface area contributed by atoms with Gasteiger partial charge in [-0.1, -0.05) is 11.3 Å². The van der Waals surface area contributed by atoms with Crippen LogP contribution in [0.15, 0.2) is 30.6 Å². The summed E-state index contributed by atoms with van der Waals surface area (Å²) in [5, 5.41) is 21.4. The first-order valence-electron chi connectivity index (χ1n) is 5.50. The van der Waals surface area contributed by atoms with Gasteiger partial charge in [-0.2, -0.15) is 0 Å². The van der Waals surface area contributed by atoms with Crippen molar-refractivity contribution in [1.82, 2.24) is 15.0 Å². The SMILES string of the molecule is Cc1ccc([N+](=O)[O-])c(NCCn2ccnn2)c1. The number of benzene rings is 1. The second-order valence-electron chi connectivity index (χ2n) is 3.87. The standard InChI is InChI=1S/C11H13N5O2/c1-9-2-3-11(16(17)18)10(8-9)12-4-6-15-7-5-13-14-15/h2-3,5,7-8,12H,4,6H2,1H3. The lowest BCUT2D eigenvalue weighted by atomic mass is 10.2. The Morgan fingerprint density at radius 1 is 1.50 bits per heavy atom. The van der Waals surface area contributed by atoms with E-state index in [0.717, 1.165) is 5.56 Å². The van der Waals surface area contributed by atoms with Gasteiger partial charge in [0.15, 0.2) is 0 Å². The van der Waals surface area contributed by atoms with Gasteiger partial charge < -0.3 is 5.32 Å². The number of aromatic nitrogens is 3. The van der Waals surface area contributed by atoms with Gasteiger partial charge >= 0.3 is 0 Å². The average Bonchev–Trinajstić information content (AvgIpc) is 2.82. The van der Waals surface area contributed by atoms with E-state index in [1.165, 1.54) is 6.07 Å². The van der Waals surface area contributed by atoms with Crippen molar-refractivity contribution >= 4 is 11.4 Å². The molecule has 0 aliphatic heterocycles. The molecule has 2 aromatic rings. The molecule has 0 radical (unpaired) electrons. The highest BCUT2D eigenvalue weighted by Crippen LogP contribution is 2.24. The molecule has 0 fully saturated rings. The predicted octanol–water partition coefficient (Wildman–Crippen LogP) is 1.61. The molecule has 0 aliphatic carbocycles. The van der Waals surface area contributed by atoms with Crippen LogP contribution in [0.5, 0.6) is 0 Å². The van der Waals surface area contributed by atoms with Crippen LogP contribution < -0.4 is 5.32 Å². The number of nitrogens with zero attached hydrogens (tertiary/aromatic N) is 4. The van der Waals surface area contributed by atoms with Gasteiger partial charge in [0.2, 0.25) is 0 Å². The van der Waals surface area contributed by atoms with E-state index in [1.807, 2.05) is 6.92 Å². The summed E-state index contributed by atoms with van der Waals surface area (Å²) in [4.78, 5) is 10.5. The highest BCUT2D eigenvalue weighted by atomic mass is 16.6. The fraction of sp³-hybridized carbons (Fsp3) is 0.273. The van der Waals surface area contributed by atoms with Crippen molar-refractivity contribution in [1.29, 1.82) is 0 Å². The molecule has 0 unspecified atom stereocenters. The topological polar surface area (TPSA) is 85.9 Å². The number of hydrogen-bond donors (Lipinski definition) is 1. The van der Waals surface area contributed by atoms with E-state index in [1.54, 1.807) is 29.2 Å². The van der Waals surface area contributed by atoms with Gasteiger partial charge in [-0.25, -0.2) is 0 Å². The molecule has 7 heteroatoms. The molecule has 0 saturated heterocycles. The van der Waals surface area contributed by atoms with Crippen LogP contribution in [0.1, 0.15) is 5.56 Å². The van der Waals surface area contributed by atoms with Gasteiger partial charge in [0, 0.05) is 18.8 Å². The second kappa shape index (κ2) is 5.26. The molecule has 1 N–H and O–H groups in total. The molecular weight excluding hydrogens is 234 g/mol. The summed E-state index contributed by atoms with van der Waals surface area (Å²) in [6.07, 6.45) is 3.33. The number of hydrogen-bond acceptors (Lipinski definition) is 5. The highest BCUT2D eigenvalue weighted by Gasteiger charge is 2.12. The molecule has 0 amide bonds. The number of nitrogens with one attached hydrogen (secondary N) is 1. The van der Waals surface area contributed by atoms with Crippen molar-refractivity contribution in [2.75, 3.05) is 11.9 Å². The minimum Gasteiger partial charge on any atom is -0.378 e. The second-order valence-corrected chi connectivity index (χ2v) is 3.87. The highest BCUT2D eigenvalue weighted by molar-refractivity contribution is 5.62. The number of nitro groups is 1. The molecule has 1 aromatic heterocycles. The summed E-state index contributed by atoms with van der Waals surface area (Å²) in [6.45, 7) is 3.05. The molecule has 94 valence electrons. The zero-order valence-electron chi connectivity index (χ0n) is 9.91. The Bertz CT molecular complexity index is 538. The Morgan fingerprint density at radius 3 is 3.00 bits per heavy atom. The molecule has 18 heavy (non-hydrogen) atoms. The summed E-state index contributed by atoms with van der Waals surface area (Å²) >= 11 is 0. The third-order valence-corrected chi connectivity index (χ3v) is 2.48. The molecule has 2 rings (SSSR count). The normalized spacial score (nSPS) is 10.3. The lowest BCUT2D eigenvalue weighted by molar-refractivity contribution is -0.384. The van der Waals surface area contributed by atoms with E-state index in [2.05, 4.69) is 15.6 Å². The van der Waals surface area contributed by atoms with E-state index in [9.17, 15) is 10.1 Å². The summed E-state index contributed by atoms with van der Waals surface area (Å²) in [5.74, 6) is 0. The summed E-state index contributed by atoms with van der Waals surface area (Å²) < 4.78 is 1.66. The quantitative estimate of drug-likeness (QED) is 0.640. The third-order valence-electron chi connectivity index (χ3n) is 2.48. The Morgan fingerprint density at radius 2 is 2.33 bits per heavy atom. The van der Waals surface area contributed by atoms with Gasteiger partial charge in [-0.15, -0.1) is 5.10 Å². The van der Waals surface area contributed by atoms with Gasteiger partial charge in [-0.3, -0.25) is 14.8 Å².